The second kappa shape index (κ2) is 14.4. The molecule has 0 aliphatic carbocycles. The van der Waals surface area contributed by atoms with Gasteiger partial charge in [0.1, 0.15) is 5.52 Å². The molecule has 0 aliphatic heterocycles. The molecule has 4 heteroatoms. The van der Waals surface area contributed by atoms with Crippen LogP contribution in [0, 0.1) is 0 Å². The van der Waals surface area contributed by atoms with Crippen LogP contribution in [0.3, 0.4) is 0 Å². The summed E-state index contributed by atoms with van der Waals surface area (Å²) in [4.78, 5) is 4.56. The lowest BCUT2D eigenvalue weighted by Crippen LogP contribution is -1.88. The molecule has 1 aromatic heterocycles. The van der Waals surface area contributed by atoms with Crippen molar-refractivity contribution in [3.05, 3.63) is 23.8 Å². The smallest absolute Gasteiger partial charge is 0.121 e. The van der Waals surface area contributed by atoms with E-state index in [0.29, 0.717) is 0 Å². The Morgan fingerprint density at radius 1 is 0.815 bits per heavy atom. The molecule has 27 heavy (non-hydrogen) atoms. The van der Waals surface area contributed by atoms with E-state index in [1.54, 1.807) is 0 Å². The van der Waals surface area contributed by atoms with E-state index >= 15 is 0 Å². The van der Waals surface area contributed by atoms with Gasteiger partial charge in [-0.05, 0) is 12.5 Å². The van der Waals surface area contributed by atoms with Crippen molar-refractivity contribution in [2.75, 3.05) is 6.54 Å². The van der Waals surface area contributed by atoms with E-state index in [4.69, 9.17) is 0 Å². The van der Waals surface area contributed by atoms with E-state index in [2.05, 4.69) is 27.3 Å². The number of hydrogen-bond donors (Lipinski definition) is 1. The molecule has 0 saturated carbocycles. The molecule has 1 aromatic carbocycles. The number of nitrogens with one attached hydrogen (secondary N) is 1. The number of rotatable bonds is 16. The Morgan fingerprint density at radius 2 is 1.41 bits per heavy atom. The molecule has 0 amide bonds. The van der Waals surface area contributed by atoms with Gasteiger partial charge in [-0.15, -0.1) is 5.10 Å². The van der Waals surface area contributed by atoms with Gasteiger partial charge in [0.05, 0.1) is 5.52 Å². The molecular formula is C23H38N4. The largest absolute Gasteiger partial charge is 0.292 e. The Balaban J connectivity index is 1.38. The van der Waals surface area contributed by atoms with Gasteiger partial charge in [0, 0.05) is 18.3 Å². The predicted molar refractivity (Wildman–Crippen MR) is 117 cm³/mol. The Kier molecular flexibility index (Phi) is 11.5. The van der Waals surface area contributed by atoms with Crippen LogP contribution in [0.5, 0.6) is 0 Å². The van der Waals surface area contributed by atoms with Crippen molar-refractivity contribution < 1.29 is 0 Å². The second-order valence-electron chi connectivity index (χ2n) is 7.69. The van der Waals surface area contributed by atoms with Crippen molar-refractivity contribution >= 4 is 17.2 Å². The van der Waals surface area contributed by atoms with Crippen LogP contribution >= 0.6 is 0 Å². The molecule has 0 bridgehead atoms. The van der Waals surface area contributed by atoms with E-state index in [9.17, 15) is 0 Å². The van der Waals surface area contributed by atoms with Gasteiger partial charge in [0.15, 0.2) is 0 Å². The first kappa shape index (κ1) is 21.6. The number of benzene rings is 1. The predicted octanol–water partition coefficient (Wildman–Crippen LogP) is 6.86. The highest BCUT2D eigenvalue weighted by molar-refractivity contribution is 5.95. The van der Waals surface area contributed by atoms with Crippen LogP contribution in [-0.4, -0.2) is 28.2 Å². The zero-order valence-corrected chi connectivity index (χ0v) is 17.3. The van der Waals surface area contributed by atoms with Gasteiger partial charge in [-0.3, -0.25) is 10.1 Å². The molecule has 0 unspecified atom stereocenters. The van der Waals surface area contributed by atoms with E-state index in [1.165, 1.54) is 89.9 Å². The summed E-state index contributed by atoms with van der Waals surface area (Å²) in [7, 11) is 0. The summed E-state index contributed by atoms with van der Waals surface area (Å²) in [6, 6.07) is 6.04. The molecule has 150 valence electrons. The van der Waals surface area contributed by atoms with Crippen LogP contribution in [-0.2, 0) is 0 Å². The van der Waals surface area contributed by atoms with Crippen molar-refractivity contribution in [2.45, 2.75) is 96.8 Å². The zero-order valence-electron chi connectivity index (χ0n) is 17.3. The topological polar surface area (TPSA) is 53.9 Å². The van der Waals surface area contributed by atoms with E-state index in [-0.39, 0.29) is 0 Å². The molecule has 4 nitrogen and oxygen atoms in total. The van der Waals surface area contributed by atoms with Gasteiger partial charge in [0.2, 0.25) is 0 Å². The van der Waals surface area contributed by atoms with Crippen molar-refractivity contribution in [2.24, 2.45) is 4.99 Å². The minimum Gasteiger partial charge on any atom is -0.292 e. The number of aromatic nitrogens is 3. The summed E-state index contributed by atoms with van der Waals surface area (Å²) in [6.45, 7) is 3.19. The molecule has 2 aromatic rings. The molecule has 0 radical (unpaired) electrons. The monoisotopic (exact) mass is 370 g/mol. The number of unbranched alkanes of at least 4 members (excludes halogenated alkanes) is 13. The maximum atomic E-state index is 4.56. The molecule has 1 N–H and O–H groups in total. The first-order chi connectivity index (χ1) is 13.4. The Hall–Kier alpha value is -1.71. The van der Waals surface area contributed by atoms with Crippen molar-refractivity contribution in [1.82, 2.24) is 15.4 Å². The van der Waals surface area contributed by atoms with Crippen LogP contribution < -0.4 is 0 Å². The van der Waals surface area contributed by atoms with E-state index < -0.39 is 0 Å². The average molecular weight is 371 g/mol. The van der Waals surface area contributed by atoms with Crippen molar-refractivity contribution in [3.63, 3.8) is 0 Å². The zero-order chi connectivity index (χ0) is 19.0. The summed E-state index contributed by atoms with van der Waals surface area (Å²) in [5.74, 6) is 0. The first-order valence-corrected chi connectivity index (χ1v) is 11.2. The summed E-state index contributed by atoms with van der Waals surface area (Å²) in [5, 5.41) is 10.9. The highest BCUT2D eigenvalue weighted by atomic mass is 15.3. The first-order valence-electron chi connectivity index (χ1n) is 11.2. The fraction of sp³-hybridized carbons (Fsp3) is 0.696. The lowest BCUT2D eigenvalue weighted by molar-refractivity contribution is 0.536. The number of H-pyrrole nitrogens is 1. The fourth-order valence-electron chi connectivity index (χ4n) is 3.56. The number of hydrogen-bond acceptors (Lipinski definition) is 3. The molecule has 0 spiro atoms. The summed E-state index contributed by atoms with van der Waals surface area (Å²) in [5.41, 5.74) is 2.92. The van der Waals surface area contributed by atoms with Crippen LogP contribution in [0.1, 0.15) is 102 Å². The van der Waals surface area contributed by atoms with E-state index in [1.807, 2.05) is 24.4 Å². The van der Waals surface area contributed by atoms with Gasteiger partial charge in [-0.2, -0.15) is 0 Å². The van der Waals surface area contributed by atoms with Crippen LogP contribution in [0.2, 0.25) is 0 Å². The van der Waals surface area contributed by atoms with Gasteiger partial charge in [-0.1, -0.05) is 108 Å². The number of aliphatic imine (C=N–C) groups is 1. The third-order valence-electron chi connectivity index (χ3n) is 5.26. The number of nitrogens with zero attached hydrogens (tertiary/aromatic N) is 3. The molecule has 2 rings (SSSR count). The SMILES string of the molecule is CCCCCCCCCCCCCCCCN=Cc1cccc2[nH]nnc12. The lowest BCUT2D eigenvalue weighted by atomic mass is 10.0. The lowest BCUT2D eigenvalue weighted by Gasteiger charge is -2.02. The molecule has 0 fully saturated rings. The Morgan fingerprint density at radius 3 is 2.04 bits per heavy atom. The van der Waals surface area contributed by atoms with Crippen LogP contribution in [0.15, 0.2) is 23.2 Å². The minimum atomic E-state index is 0.905. The third kappa shape index (κ3) is 9.16. The maximum Gasteiger partial charge on any atom is 0.121 e. The normalized spacial score (nSPS) is 11.7. The maximum absolute atomic E-state index is 4.56. The Bertz CT molecular complexity index is 632. The van der Waals surface area contributed by atoms with Gasteiger partial charge in [-0.25, -0.2) is 0 Å². The highest BCUT2D eigenvalue weighted by Crippen LogP contribution is 2.13. The fourth-order valence-corrected chi connectivity index (χ4v) is 3.56. The minimum absolute atomic E-state index is 0.905. The van der Waals surface area contributed by atoms with Gasteiger partial charge >= 0.3 is 0 Å². The van der Waals surface area contributed by atoms with Crippen molar-refractivity contribution in [3.8, 4) is 0 Å². The third-order valence-corrected chi connectivity index (χ3v) is 5.26. The summed E-state index contributed by atoms with van der Waals surface area (Å²) < 4.78 is 0. The Labute approximate surface area is 165 Å². The number of fused-ring (bicyclic) bond motifs is 1. The van der Waals surface area contributed by atoms with Crippen molar-refractivity contribution in [1.29, 1.82) is 0 Å². The average Bonchev–Trinajstić information content (AvgIpc) is 3.17. The van der Waals surface area contributed by atoms with Crippen LogP contribution in [0.25, 0.3) is 11.0 Å². The van der Waals surface area contributed by atoms with E-state index in [0.717, 1.165) is 23.1 Å². The standard InChI is InChI=1S/C23H38N4/c1-2-3-4-5-6-7-8-9-10-11-12-13-14-15-19-24-20-21-17-16-18-22-23(21)26-27-25-22/h16-18,20H,2-15,19H2,1H3,(H,25,26,27). The van der Waals surface area contributed by atoms with Gasteiger partial charge < -0.3 is 0 Å². The molecule has 0 saturated heterocycles. The molecule has 1 heterocycles. The molecular weight excluding hydrogens is 332 g/mol. The summed E-state index contributed by atoms with van der Waals surface area (Å²) in [6.07, 6.45) is 21.4. The quantitative estimate of drug-likeness (QED) is 0.259. The van der Waals surface area contributed by atoms with Crippen LogP contribution in [0.4, 0.5) is 0 Å². The molecule has 0 aliphatic rings. The second-order valence-corrected chi connectivity index (χ2v) is 7.69. The van der Waals surface area contributed by atoms with Gasteiger partial charge in [0.25, 0.3) is 0 Å². The number of aromatic amines is 1. The summed E-state index contributed by atoms with van der Waals surface area (Å²) >= 11 is 0. The highest BCUT2D eigenvalue weighted by Gasteiger charge is 2.01. The molecule has 0 atom stereocenters.